The van der Waals surface area contributed by atoms with Crippen LogP contribution in [0.3, 0.4) is 0 Å². The van der Waals surface area contributed by atoms with Gasteiger partial charge >= 0.3 is 6.09 Å². The lowest BCUT2D eigenvalue weighted by atomic mass is 9.84. The number of allylic oxidation sites excluding steroid dienone is 4. The van der Waals surface area contributed by atoms with Gasteiger partial charge in [0.15, 0.2) is 0 Å². The van der Waals surface area contributed by atoms with Gasteiger partial charge in [-0.25, -0.2) is 9.18 Å². The van der Waals surface area contributed by atoms with Crippen LogP contribution in [0, 0.1) is 5.82 Å². The van der Waals surface area contributed by atoms with Crippen LogP contribution in [0.1, 0.15) is 42.3 Å². The molecule has 0 bridgehead atoms. The summed E-state index contributed by atoms with van der Waals surface area (Å²) in [6.45, 7) is 6.54. The first-order chi connectivity index (χ1) is 23.9. The number of aromatic nitrogens is 2. The topological polar surface area (TPSA) is 128 Å². The number of para-hydroxylation sites is 1. The number of nitrogens with one attached hydrogen (secondary N) is 3. The first kappa shape index (κ1) is 34.9. The highest BCUT2D eigenvalue weighted by Gasteiger charge is 2.33. The van der Waals surface area contributed by atoms with Crippen molar-refractivity contribution in [3.05, 3.63) is 138 Å². The quantitative estimate of drug-likeness (QED) is 0.135. The highest BCUT2D eigenvalue weighted by molar-refractivity contribution is 5.98. The lowest BCUT2D eigenvalue weighted by Crippen LogP contribution is -2.48. The van der Waals surface area contributed by atoms with Gasteiger partial charge in [0, 0.05) is 23.7 Å². The molecule has 1 fully saturated rings. The number of carbonyl (C=O) groups is 2. The number of alkyl carbamates (subject to hydrolysis) is 1. The summed E-state index contributed by atoms with van der Waals surface area (Å²) in [6.07, 6.45) is 7.73. The molecule has 49 heavy (non-hydrogen) atoms. The van der Waals surface area contributed by atoms with E-state index in [9.17, 15) is 14.0 Å². The van der Waals surface area contributed by atoms with Crippen LogP contribution in [0.2, 0.25) is 0 Å². The molecule has 11 heteroatoms. The highest BCUT2D eigenvalue weighted by atomic mass is 19.1. The number of aryl methyl sites for hydroxylation is 1. The molecule has 3 aromatic carbocycles. The third-order valence-electron chi connectivity index (χ3n) is 8.26. The monoisotopic (exact) mass is 665 g/mol. The van der Waals surface area contributed by atoms with Crippen LogP contribution in [0.5, 0.6) is 0 Å². The third-order valence-corrected chi connectivity index (χ3v) is 8.26. The molecule has 1 aliphatic heterocycles. The molecule has 0 aliphatic carbocycles. The van der Waals surface area contributed by atoms with Crippen molar-refractivity contribution in [2.24, 2.45) is 0 Å². The zero-order chi connectivity index (χ0) is 34.6. The van der Waals surface area contributed by atoms with E-state index in [1.165, 1.54) is 19.2 Å². The van der Waals surface area contributed by atoms with Crippen molar-refractivity contribution >= 4 is 17.7 Å². The van der Waals surface area contributed by atoms with Gasteiger partial charge in [-0.1, -0.05) is 85.0 Å². The fourth-order valence-corrected chi connectivity index (χ4v) is 5.69. The SMILES string of the molecule is C=C/C=C\C=C(/C)C(c1ccccc1)[C@H](NC(=O)OC)C(=O)Nc1ccccc1CC[C@@H]1CN[C@H](c2nnc(-c3ccc(F)cc3)o2)CO1. The van der Waals surface area contributed by atoms with Gasteiger partial charge in [-0.15, -0.1) is 10.2 Å². The Labute approximate surface area is 285 Å². The lowest BCUT2D eigenvalue weighted by molar-refractivity contribution is -0.118. The molecule has 0 radical (unpaired) electrons. The number of hydrogen-bond acceptors (Lipinski definition) is 8. The average Bonchev–Trinajstić information content (AvgIpc) is 3.62. The molecule has 3 N–H and O–H groups in total. The zero-order valence-corrected chi connectivity index (χ0v) is 27.5. The first-order valence-electron chi connectivity index (χ1n) is 16.0. The number of anilines is 1. The largest absolute Gasteiger partial charge is 0.453 e. The number of amides is 2. The molecule has 2 amide bonds. The van der Waals surface area contributed by atoms with Gasteiger partial charge in [0.2, 0.25) is 17.7 Å². The standard InChI is InChI=1S/C38H40FN5O5/c1-4-5-7-12-25(2)33(27-14-8-6-9-15-27)34(42-38(46)47-3)35(45)41-31-16-11-10-13-26(31)19-22-30-23-40-32(24-48-30)37-44-43-36(49-37)28-17-20-29(39)21-18-28/h4-18,20-21,30,32-34,40H,1,19,22-24H2,2-3H3,(H,41,45)(H,42,46)/b7-5-,25-12+/t30-,32+,33?,34+/m1/s1. The van der Waals surface area contributed by atoms with Gasteiger partial charge in [-0.2, -0.15) is 0 Å². The molecule has 4 atom stereocenters. The summed E-state index contributed by atoms with van der Waals surface area (Å²) in [5.74, 6) is -0.495. The minimum Gasteiger partial charge on any atom is -0.453 e. The summed E-state index contributed by atoms with van der Waals surface area (Å²) >= 11 is 0. The van der Waals surface area contributed by atoms with Gasteiger partial charge < -0.3 is 29.8 Å². The van der Waals surface area contributed by atoms with Crippen LogP contribution < -0.4 is 16.0 Å². The molecule has 0 spiro atoms. The number of carbonyl (C=O) groups excluding carboxylic acids is 2. The molecule has 10 nitrogen and oxygen atoms in total. The molecular formula is C38H40FN5O5. The summed E-state index contributed by atoms with van der Waals surface area (Å²) in [4.78, 5) is 26.6. The Balaban J connectivity index is 1.25. The zero-order valence-electron chi connectivity index (χ0n) is 27.5. The van der Waals surface area contributed by atoms with Crippen molar-refractivity contribution in [3.8, 4) is 11.5 Å². The molecule has 1 saturated heterocycles. The van der Waals surface area contributed by atoms with Crippen LogP contribution in [-0.4, -0.2) is 54.6 Å². The van der Waals surface area contributed by atoms with E-state index in [-0.39, 0.29) is 23.9 Å². The first-order valence-corrected chi connectivity index (χ1v) is 16.0. The number of ether oxygens (including phenoxy) is 2. The summed E-state index contributed by atoms with van der Waals surface area (Å²) in [7, 11) is 1.27. The Morgan fingerprint density at radius 3 is 2.53 bits per heavy atom. The van der Waals surface area contributed by atoms with E-state index in [0.29, 0.717) is 49.0 Å². The minimum atomic E-state index is -0.979. The Kier molecular flexibility index (Phi) is 12.2. The van der Waals surface area contributed by atoms with E-state index < -0.39 is 18.1 Å². The number of methoxy groups -OCH3 is 1. The van der Waals surface area contributed by atoms with Gasteiger partial charge in [0.25, 0.3) is 0 Å². The van der Waals surface area contributed by atoms with Crippen LogP contribution in [0.15, 0.2) is 120 Å². The van der Waals surface area contributed by atoms with E-state index in [1.807, 2.05) is 73.7 Å². The summed E-state index contributed by atoms with van der Waals surface area (Å²) in [5.41, 5.74) is 3.93. The van der Waals surface area contributed by atoms with Gasteiger partial charge in [-0.3, -0.25) is 4.79 Å². The molecular weight excluding hydrogens is 625 g/mol. The molecule has 5 rings (SSSR count). The van der Waals surface area contributed by atoms with Crippen LogP contribution in [-0.2, 0) is 20.7 Å². The second-order valence-corrected chi connectivity index (χ2v) is 11.6. The summed E-state index contributed by atoms with van der Waals surface area (Å²) in [6, 6.07) is 21.8. The number of morpholine rings is 1. The number of benzene rings is 3. The van der Waals surface area contributed by atoms with Crippen molar-refractivity contribution in [1.29, 1.82) is 0 Å². The average molecular weight is 666 g/mol. The van der Waals surface area contributed by atoms with E-state index >= 15 is 0 Å². The Morgan fingerprint density at radius 1 is 1.06 bits per heavy atom. The van der Waals surface area contributed by atoms with Crippen molar-refractivity contribution in [2.75, 3.05) is 25.6 Å². The van der Waals surface area contributed by atoms with E-state index in [2.05, 4.69) is 32.7 Å². The Bertz CT molecular complexity index is 1760. The molecule has 1 aliphatic rings. The fourth-order valence-electron chi connectivity index (χ4n) is 5.69. The van der Waals surface area contributed by atoms with Crippen molar-refractivity contribution in [1.82, 2.24) is 20.8 Å². The number of nitrogens with zero attached hydrogens (tertiary/aromatic N) is 2. The second-order valence-electron chi connectivity index (χ2n) is 11.6. The van der Waals surface area contributed by atoms with Crippen molar-refractivity contribution in [2.45, 2.75) is 43.9 Å². The van der Waals surface area contributed by atoms with Gasteiger partial charge in [0.05, 0.1) is 19.8 Å². The number of rotatable bonds is 13. The molecule has 1 unspecified atom stereocenters. The van der Waals surface area contributed by atoms with Crippen LogP contribution in [0.4, 0.5) is 14.9 Å². The van der Waals surface area contributed by atoms with Gasteiger partial charge in [0.1, 0.15) is 17.9 Å². The maximum Gasteiger partial charge on any atom is 0.407 e. The smallest absolute Gasteiger partial charge is 0.407 e. The molecule has 0 saturated carbocycles. The number of hydrogen-bond donors (Lipinski definition) is 3. The molecule has 254 valence electrons. The minimum absolute atomic E-state index is 0.0906. The normalized spacial score (nSPS) is 17.7. The fraction of sp³-hybridized carbons (Fsp3) is 0.263. The molecule has 4 aromatic rings. The maximum atomic E-state index is 14.0. The summed E-state index contributed by atoms with van der Waals surface area (Å²) in [5, 5.41) is 17.5. The molecule has 2 heterocycles. The Hall–Kier alpha value is -5.39. The Morgan fingerprint density at radius 2 is 1.82 bits per heavy atom. The van der Waals surface area contributed by atoms with Crippen LogP contribution in [0.25, 0.3) is 11.5 Å². The predicted molar refractivity (Wildman–Crippen MR) is 185 cm³/mol. The van der Waals surface area contributed by atoms with E-state index in [0.717, 1.165) is 16.7 Å². The van der Waals surface area contributed by atoms with Crippen molar-refractivity contribution < 1.29 is 27.9 Å². The van der Waals surface area contributed by atoms with E-state index in [1.54, 1.807) is 24.3 Å². The third kappa shape index (κ3) is 9.37. The lowest BCUT2D eigenvalue weighted by Gasteiger charge is -2.29. The highest BCUT2D eigenvalue weighted by Crippen LogP contribution is 2.30. The maximum absolute atomic E-state index is 14.0. The summed E-state index contributed by atoms with van der Waals surface area (Å²) < 4.78 is 30.2. The number of halogens is 1. The van der Waals surface area contributed by atoms with Crippen molar-refractivity contribution in [3.63, 3.8) is 0 Å². The second kappa shape index (κ2) is 17.1. The van der Waals surface area contributed by atoms with Gasteiger partial charge in [-0.05, 0) is 61.2 Å². The molecule has 1 aromatic heterocycles. The predicted octanol–water partition coefficient (Wildman–Crippen LogP) is 6.67. The van der Waals surface area contributed by atoms with E-state index in [4.69, 9.17) is 13.9 Å². The van der Waals surface area contributed by atoms with Crippen LogP contribution >= 0.6 is 0 Å².